The number of rotatable bonds is 5. The number of carbonyl (C=O) groups is 2. The molecule has 1 aromatic heterocycles. The molecule has 2 heterocycles. The zero-order chi connectivity index (χ0) is 14.4. The van der Waals surface area contributed by atoms with E-state index in [-0.39, 0.29) is 17.9 Å². The molecule has 110 valence electrons. The molecule has 1 fully saturated rings. The van der Waals surface area contributed by atoms with Gasteiger partial charge < -0.3 is 16.0 Å². The van der Waals surface area contributed by atoms with Gasteiger partial charge in [-0.2, -0.15) is 5.10 Å². The minimum absolute atomic E-state index is 0.0428. The quantitative estimate of drug-likeness (QED) is 0.698. The van der Waals surface area contributed by atoms with E-state index in [0.717, 1.165) is 25.8 Å². The predicted octanol–water partition coefficient (Wildman–Crippen LogP) is -0.131. The molecule has 1 unspecified atom stereocenters. The number of aromatic amines is 1. The number of amides is 2. The Hall–Kier alpha value is -1.89. The lowest BCUT2D eigenvalue weighted by Crippen LogP contribution is -2.49. The number of carbonyl (C=O) groups excluding carboxylic acids is 2. The van der Waals surface area contributed by atoms with Crippen molar-refractivity contribution in [2.75, 3.05) is 19.6 Å². The van der Waals surface area contributed by atoms with Crippen LogP contribution in [0.1, 0.15) is 36.2 Å². The minimum Gasteiger partial charge on any atom is -0.354 e. The molecule has 7 heteroatoms. The Kier molecular flexibility index (Phi) is 5.11. The fourth-order valence-corrected chi connectivity index (χ4v) is 2.46. The van der Waals surface area contributed by atoms with Crippen LogP contribution in [0.2, 0.25) is 0 Å². The molecule has 0 radical (unpaired) electrons. The molecule has 2 rings (SSSR count). The number of nitrogens with zero attached hydrogens (tertiary/aromatic N) is 2. The second-order valence-corrected chi connectivity index (χ2v) is 4.96. The summed E-state index contributed by atoms with van der Waals surface area (Å²) in [5.41, 5.74) is 5.83. The first-order valence-electron chi connectivity index (χ1n) is 6.99. The highest BCUT2D eigenvalue weighted by Gasteiger charge is 2.28. The van der Waals surface area contributed by atoms with E-state index in [2.05, 4.69) is 15.5 Å². The van der Waals surface area contributed by atoms with Gasteiger partial charge in [0.25, 0.3) is 5.91 Å². The van der Waals surface area contributed by atoms with Gasteiger partial charge in [-0.15, -0.1) is 0 Å². The summed E-state index contributed by atoms with van der Waals surface area (Å²) in [7, 11) is 0. The maximum atomic E-state index is 12.4. The van der Waals surface area contributed by atoms with Crippen molar-refractivity contribution in [2.45, 2.75) is 31.7 Å². The number of aromatic nitrogens is 2. The summed E-state index contributed by atoms with van der Waals surface area (Å²) in [5.74, 6) is -0.118. The molecular weight excluding hydrogens is 258 g/mol. The van der Waals surface area contributed by atoms with Crippen molar-refractivity contribution in [1.29, 1.82) is 0 Å². The van der Waals surface area contributed by atoms with E-state index in [1.807, 2.05) is 4.90 Å². The lowest BCUT2D eigenvalue weighted by molar-refractivity contribution is -0.121. The maximum Gasteiger partial charge on any atom is 0.272 e. The van der Waals surface area contributed by atoms with Gasteiger partial charge in [-0.1, -0.05) is 0 Å². The number of H-pyrrole nitrogens is 1. The fourth-order valence-electron chi connectivity index (χ4n) is 2.46. The Morgan fingerprint density at radius 2 is 2.35 bits per heavy atom. The van der Waals surface area contributed by atoms with Crippen molar-refractivity contribution in [3.8, 4) is 0 Å². The summed E-state index contributed by atoms with van der Waals surface area (Å²) in [6.07, 6.45) is 4.86. The highest BCUT2D eigenvalue weighted by Crippen LogP contribution is 2.18. The summed E-state index contributed by atoms with van der Waals surface area (Å²) in [5, 5.41) is 9.35. The van der Waals surface area contributed by atoms with E-state index >= 15 is 0 Å². The fraction of sp³-hybridized carbons (Fsp3) is 0.615. The van der Waals surface area contributed by atoms with Gasteiger partial charge in [-0.25, -0.2) is 0 Å². The van der Waals surface area contributed by atoms with Gasteiger partial charge in [0.15, 0.2) is 0 Å². The molecule has 2 amide bonds. The van der Waals surface area contributed by atoms with Crippen LogP contribution in [0.5, 0.6) is 0 Å². The van der Waals surface area contributed by atoms with Crippen LogP contribution in [0.4, 0.5) is 0 Å². The summed E-state index contributed by atoms with van der Waals surface area (Å²) >= 11 is 0. The van der Waals surface area contributed by atoms with Gasteiger partial charge >= 0.3 is 0 Å². The van der Waals surface area contributed by atoms with Crippen molar-refractivity contribution >= 4 is 11.8 Å². The lowest BCUT2D eigenvalue weighted by Gasteiger charge is -2.35. The monoisotopic (exact) mass is 279 g/mol. The average Bonchev–Trinajstić information content (AvgIpc) is 2.99. The van der Waals surface area contributed by atoms with E-state index in [9.17, 15) is 9.59 Å². The summed E-state index contributed by atoms with van der Waals surface area (Å²) in [4.78, 5) is 25.7. The van der Waals surface area contributed by atoms with Gasteiger partial charge in [-0.3, -0.25) is 14.7 Å². The Labute approximate surface area is 117 Å². The SMILES string of the molecule is NCCC(=O)NCC1CCCCN1C(=O)c1ccn[nH]1. The molecule has 20 heavy (non-hydrogen) atoms. The summed E-state index contributed by atoms with van der Waals surface area (Å²) < 4.78 is 0. The number of piperidine rings is 1. The lowest BCUT2D eigenvalue weighted by atomic mass is 10.0. The highest BCUT2D eigenvalue weighted by molar-refractivity contribution is 5.92. The van der Waals surface area contributed by atoms with E-state index in [1.165, 1.54) is 0 Å². The molecule has 1 aromatic rings. The van der Waals surface area contributed by atoms with Crippen LogP contribution in [-0.4, -0.2) is 52.6 Å². The van der Waals surface area contributed by atoms with Crippen LogP contribution in [0.15, 0.2) is 12.3 Å². The largest absolute Gasteiger partial charge is 0.354 e. The summed E-state index contributed by atoms with van der Waals surface area (Å²) in [6.45, 7) is 1.54. The predicted molar refractivity (Wildman–Crippen MR) is 73.9 cm³/mol. The first-order chi connectivity index (χ1) is 9.72. The van der Waals surface area contributed by atoms with Crippen LogP contribution in [0, 0.1) is 0 Å². The number of nitrogens with two attached hydrogens (primary N) is 1. The molecule has 0 spiro atoms. The molecule has 0 bridgehead atoms. The molecule has 0 aliphatic carbocycles. The van der Waals surface area contributed by atoms with E-state index in [4.69, 9.17) is 5.73 Å². The van der Waals surface area contributed by atoms with Crippen LogP contribution < -0.4 is 11.1 Å². The molecule has 0 aromatic carbocycles. The van der Waals surface area contributed by atoms with Crippen molar-refractivity contribution < 1.29 is 9.59 Å². The van der Waals surface area contributed by atoms with Crippen molar-refractivity contribution in [2.24, 2.45) is 5.73 Å². The average molecular weight is 279 g/mol. The van der Waals surface area contributed by atoms with Crippen LogP contribution in [-0.2, 0) is 4.79 Å². The van der Waals surface area contributed by atoms with E-state index < -0.39 is 0 Å². The third kappa shape index (κ3) is 3.57. The van der Waals surface area contributed by atoms with E-state index in [1.54, 1.807) is 12.3 Å². The van der Waals surface area contributed by atoms with Gasteiger partial charge in [0.05, 0.1) is 0 Å². The van der Waals surface area contributed by atoms with Crippen molar-refractivity contribution in [1.82, 2.24) is 20.4 Å². The first-order valence-corrected chi connectivity index (χ1v) is 6.99. The Balaban J connectivity index is 1.95. The first kappa shape index (κ1) is 14.5. The standard InChI is InChI=1S/C13H21N5O2/c14-6-4-12(19)15-9-10-3-1-2-8-18(10)13(20)11-5-7-16-17-11/h5,7,10H,1-4,6,8-9,14H2,(H,15,19)(H,16,17). The van der Waals surface area contributed by atoms with Gasteiger partial charge in [0, 0.05) is 38.3 Å². The third-order valence-corrected chi connectivity index (χ3v) is 3.53. The number of hydrogen-bond donors (Lipinski definition) is 3. The molecular formula is C13H21N5O2. The van der Waals surface area contributed by atoms with E-state index in [0.29, 0.717) is 25.2 Å². The Morgan fingerprint density at radius 3 is 3.05 bits per heavy atom. The van der Waals surface area contributed by atoms with Crippen LogP contribution in [0.25, 0.3) is 0 Å². The van der Waals surface area contributed by atoms with Crippen molar-refractivity contribution in [3.05, 3.63) is 18.0 Å². The smallest absolute Gasteiger partial charge is 0.272 e. The van der Waals surface area contributed by atoms with Gasteiger partial charge in [0.1, 0.15) is 5.69 Å². The molecule has 7 nitrogen and oxygen atoms in total. The molecule has 1 atom stereocenters. The maximum absolute atomic E-state index is 12.4. The van der Waals surface area contributed by atoms with Gasteiger partial charge in [-0.05, 0) is 25.3 Å². The topological polar surface area (TPSA) is 104 Å². The molecule has 1 aliphatic heterocycles. The molecule has 0 saturated carbocycles. The second-order valence-electron chi connectivity index (χ2n) is 4.96. The minimum atomic E-state index is -0.0630. The number of nitrogens with one attached hydrogen (secondary N) is 2. The molecule has 1 saturated heterocycles. The van der Waals surface area contributed by atoms with Crippen LogP contribution in [0.3, 0.4) is 0 Å². The van der Waals surface area contributed by atoms with Gasteiger partial charge in [0.2, 0.25) is 5.91 Å². The normalized spacial score (nSPS) is 18.9. The van der Waals surface area contributed by atoms with Crippen LogP contribution >= 0.6 is 0 Å². The second kappa shape index (κ2) is 7.04. The zero-order valence-electron chi connectivity index (χ0n) is 11.5. The number of hydrogen-bond acceptors (Lipinski definition) is 4. The molecule has 1 aliphatic rings. The Bertz CT molecular complexity index is 446. The highest BCUT2D eigenvalue weighted by atomic mass is 16.2. The number of likely N-dealkylation sites (tertiary alicyclic amines) is 1. The summed E-state index contributed by atoms with van der Waals surface area (Å²) in [6, 6.07) is 1.71. The zero-order valence-corrected chi connectivity index (χ0v) is 11.5. The Morgan fingerprint density at radius 1 is 1.50 bits per heavy atom. The third-order valence-electron chi connectivity index (χ3n) is 3.53. The molecule has 4 N–H and O–H groups in total. The van der Waals surface area contributed by atoms with Crippen molar-refractivity contribution in [3.63, 3.8) is 0 Å².